The number of aromatic nitrogens is 1. The average molecular weight is 188 g/mol. The number of hydrogen-bond acceptors (Lipinski definition) is 2. The molecule has 1 aromatic heterocycles. The molecule has 0 aliphatic carbocycles. The average Bonchev–Trinajstić information content (AvgIpc) is 2.26. The van der Waals surface area contributed by atoms with Gasteiger partial charge in [0.25, 0.3) is 0 Å². The van der Waals surface area contributed by atoms with Gasteiger partial charge in [0.05, 0.1) is 0 Å². The molecule has 0 radical (unpaired) electrons. The van der Waals surface area contributed by atoms with E-state index >= 15 is 0 Å². The highest BCUT2D eigenvalue weighted by Gasteiger charge is 2.10. The first-order chi connectivity index (χ1) is 6.79. The third-order valence-corrected chi connectivity index (χ3v) is 2.17. The van der Waals surface area contributed by atoms with Gasteiger partial charge in [-0.15, -0.1) is 0 Å². The van der Waals surface area contributed by atoms with Crippen molar-refractivity contribution in [1.29, 1.82) is 0 Å². The van der Waals surface area contributed by atoms with E-state index in [1.807, 2.05) is 50.5 Å². The fraction of sp³-hybridized carbons (Fsp3) is 0.333. The van der Waals surface area contributed by atoms with Crippen LogP contribution in [0.15, 0.2) is 41.5 Å². The van der Waals surface area contributed by atoms with E-state index < -0.39 is 0 Å². The predicted octanol–water partition coefficient (Wildman–Crippen LogP) is 2.83. The van der Waals surface area contributed by atoms with Crippen LogP contribution in [0.25, 0.3) is 0 Å². The van der Waals surface area contributed by atoms with Crippen LogP contribution in [0.4, 0.5) is 0 Å². The Morgan fingerprint density at radius 2 is 2.29 bits per heavy atom. The van der Waals surface area contributed by atoms with Gasteiger partial charge in [-0.25, -0.2) is 0 Å². The smallest absolute Gasteiger partial charge is 0.0491 e. The maximum Gasteiger partial charge on any atom is 0.0491 e. The van der Waals surface area contributed by atoms with Gasteiger partial charge < -0.3 is 0 Å². The molecule has 0 aromatic carbocycles. The summed E-state index contributed by atoms with van der Waals surface area (Å²) in [5.74, 6) is 0.261. The van der Waals surface area contributed by atoms with Crippen molar-refractivity contribution in [2.75, 3.05) is 7.05 Å². The Morgan fingerprint density at radius 1 is 1.50 bits per heavy atom. The summed E-state index contributed by atoms with van der Waals surface area (Å²) in [5, 5.41) is 0. The van der Waals surface area contributed by atoms with Crippen LogP contribution < -0.4 is 0 Å². The first-order valence-corrected chi connectivity index (χ1v) is 4.80. The standard InChI is InChI=1S/C12H16N2/c1-4-7-11(13-3)10(2)12-8-5-6-9-14-12/h4-10H,1-3H3/b7-4-,13-11?. The second kappa shape index (κ2) is 5.32. The lowest BCUT2D eigenvalue weighted by Gasteiger charge is -2.10. The van der Waals surface area contributed by atoms with Crippen molar-refractivity contribution in [1.82, 2.24) is 4.98 Å². The van der Waals surface area contributed by atoms with E-state index in [9.17, 15) is 0 Å². The molecule has 0 spiro atoms. The van der Waals surface area contributed by atoms with Crippen molar-refractivity contribution in [3.8, 4) is 0 Å². The Labute approximate surface area is 85.4 Å². The van der Waals surface area contributed by atoms with Crippen LogP contribution in [0.2, 0.25) is 0 Å². The molecule has 74 valence electrons. The molecule has 0 saturated carbocycles. The fourth-order valence-corrected chi connectivity index (χ4v) is 1.37. The van der Waals surface area contributed by atoms with Gasteiger partial charge in [0.1, 0.15) is 0 Å². The predicted molar refractivity (Wildman–Crippen MR) is 60.8 cm³/mol. The lowest BCUT2D eigenvalue weighted by atomic mass is 10.0. The number of pyridine rings is 1. The number of allylic oxidation sites excluding steroid dienone is 2. The van der Waals surface area contributed by atoms with Gasteiger partial charge in [-0.1, -0.05) is 19.1 Å². The Bertz CT molecular complexity index is 325. The monoisotopic (exact) mass is 188 g/mol. The fourth-order valence-electron chi connectivity index (χ4n) is 1.37. The normalized spacial score (nSPS) is 14.6. The largest absolute Gasteiger partial charge is 0.292 e. The molecule has 2 heteroatoms. The summed E-state index contributed by atoms with van der Waals surface area (Å²) in [7, 11) is 1.81. The minimum absolute atomic E-state index is 0.261. The summed E-state index contributed by atoms with van der Waals surface area (Å²) in [6.07, 6.45) is 5.84. The third kappa shape index (κ3) is 2.52. The highest BCUT2D eigenvalue weighted by molar-refractivity contribution is 5.99. The van der Waals surface area contributed by atoms with Crippen LogP contribution in [0.5, 0.6) is 0 Å². The van der Waals surface area contributed by atoms with Gasteiger partial charge in [0, 0.05) is 30.6 Å². The van der Waals surface area contributed by atoms with Crippen molar-refractivity contribution in [2.45, 2.75) is 19.8 Å². The molecule has 14 heavy (non-hydrogen) atoms. The van der Waals surface area contributed by atoms with Crippen molar-refractivity contribution in [2.24, 2.45) is 4.99 Å². The van der Waals surface area contributed by atoms with Gasteiger partial charge in [0.2, 0.25) is 0 Å². The second-order valence-electron chi connectivity index (χ2n) is 3.12. The van der Waals surface area contributed by atoms with Gasteiger partial charge in [-0.05, 0) is 25.1 Å². The van der Waals surface area contributed by atoms with E-state index in [4.69, 9.17) is 0 Å². The highest BCUT2D eigenvalue weighted by Crippen LogP contribution is 2.14. The summed E-state index contributed by atoms with van der Waals surface area (Å²) < 4.78 is 0. The summed E-state index contributed by atoms with van der Waals surface area (Å²) in [5.41, 5.74) is 2.12. The lowest BCUT2D eigenvalue weighted by molar-refractivity contribution is 0.949. The molecule has 0 fully saturated rings. The van der Waals surface area contributed by atoms with E-state index in [-0.39, 0.29) is 5.92 Å². The molecule has 0 amide bonds. The molecule has 1 aromatic rings. The van der Waals surface area contributed by atoms with E-state index in [0.29, 0.717) is 0 Å². The van der Waals surface area contributed by atoms with E-state index in [1.54, 1.807) is 0 Å². The number of aliphatic imine (C=N–C) groups is 1. The number of hydrogen-bond donors (Lipinski definition) is 0. The molecule has 2 nitrogen and oxygen atoms in total. The van der Waals surface area contributed by atoms with Crippen LogP contribution >= 0.6 is 0 Å². The van der Waals surface area contributed by atoms with Crippen molar-refractivity contribution in [3.63, 3.8) is 0 Å². The Balaban J connectivity index is 2.89. The zero-order valence-corrected chi connectivity index (χ0v) is 8.94. The first kappa shape index (κ1) is 10.6. The molecular weight excluding hydrogens is 172 g/mol. The molecule has 0 aliphatic heterocycles. The minimum Gasteiger partial charge on any atom is -0.292 e. The molecule has 1 rings (SSSR count). The van der Waals surface area contributed by atoms with Crippen LogP contribution in [-0.4, -0.2) is 17.7 Å². The molecule has 1 heterocycles. The third-order valence-electron chi connectivity index (χ3n) is 2.17. The Morgan fingerprint density at radius 3 is 2.79 bits per heavy atom. The zero-order valence-electron chi connectivity index (χ0n) is 8.94. The molecule has 0 N–H and O–H groups in total. The molecule has 0 bridgehead atoms. The quantitative estimate of drug-likeness (QED) is 0.669. The van der Waals surface area contributed by atoms with Gasteiger partial charge in [0.15, 0.2) is 0 Å². The summed E-state index contributed by atoms with van der Waals surface area (Å²) in [6.45, 7) is 4.11. The van der Waals surface area contributed by atoms with E-state index in [1.165, 1.54) is 0 Å². The molecule has 0 aliphatic rings. The Hall–Kier alpha value is -1.44. The van der Waals surface area contributed by atoms with Crippen LogP contribution in [0.3, 0.4) is 0 Å². The maximum atomic E-state index is 4.32. The van der Waals surface area contributed by atoms with Crippen molar-refractivity contribution in [3.05, 3.63) is 42.2 Å². The van der Waals surface area contributed by atoms with Gasteiger partial charge in [-0.3, -0.25) is 9.98 Å². The SMILES string of the molecule is C/C=C\C(=NC)C(C)c1ccccn1. The van der Waals surface area contributed by atoms with E-state index in [0.717, 1.165) is 11.4 Å². The van der Waals surface area contributed by atoms with Crippen LogP contribution in [0.1, 0.15) is 25.5 Å². The second-order valence-corrected chi connectivity index (χ2v) is 3.12. The highest BCUT2D eigenvalue weighted by atomic mass is 14.7. The van der Waals surface area contributed by atoms with Gasteiger partial charge >= 0.3 is 0 Å². The number of nitrogens with zero attached hydrogens (tertiary/aromatic N) is 2. The van der Waals surface area contributed by atoms with Crippen LogP contribution in [0, 0.1) is 0 Å². The summed E-state index contributed by atoms with van der Waals surface area (Å²) >= 11 is 0. The number of rotatable bonds is 3. The topological polar surface area (TPSA) is 25.2 Å². The van der Waals surface area contributed by atoms with Crippen LogP contribution in [-0.2, 0) is 0 Å². The maximum absolute atomic E-state index is 4.32. The molecule has 0 saturated heterocycles. The summed E-state index contributed by atoms with van der Waals surface area (Å²) in [4.78, 5) is 8.56. The summed E-state index contributed by atoms with van der Waals surface area (Å²) in [6, 6.07) is 5.95. The van der Waals surface area contributed by atoms with Crippen molar-refractivity contribution < 1.29 is 0 Å². The first-order valence-electron chi connectivity index (χ1n) is 4.80. The molecule has 1 unspecified atom stereocenters. The Kier molecular flexibility index (Phi) is 4.05. The van der Waals surface area contributed by atoms with E-state index in [2.05, 4.69) is 16.9 Å². The van der Waals surface area contributed by atoms with Gasteiger partial charge in [-0.2, -0.15) is 0 Å². The minimum atomic E-state index is 0.261. The van der Waals surface area contributed by atoms with Crippen molar-refractivity contribution >= 4 is 5.71 Å². The molecular formula is C12H16N2. The molecule has 1 atom stereocenters. The zero-order chi connectivity index (χ0) is 10.4. The lowest BCUT2D eigenvalue weighted by Crippen LogP contribution is -2.07.